The van der Waals surface area contributed by atoms with E-state index in [2.05, 4.69) is 17.2 Å². The third-order valence-electron chi connectivity index (χ3n) is 2.81. The quantitative estimate of drug-likeness (QED) is 0.844. The lowest BCUT2D eigenvalue weighted by Crippen LogP contribution is -2.15. The van der Waals surface area contributed by atoms with Crippen molar-refractivity contribution in [1.29, 1.82) is 0 Å². The Bertz CT molecular complexity index is 340. The van der Waals surface area contributed by atoms with Crippen molar-refractivity contribution in [3.05, 3.63) is 18.3 Å². The average molecular weight is 252 g/mol. The molecule has 1 N–H and O–H groups in total. The molecular formula is C13H20N2OS. The number of nitrogens with zero attached hydrogens (tertiary/aromatic N) is 1. The minimum absolute atomic E-state index is 0.750. The molecule has 2 rings (SSSR count). The first-order valence-electron chi connectivity index (χ1n) is 6.29. The normalized spacial score (nSPS) is 19.2. The summed E-state index contributed by atoms with van der Waals surface area (Å²) in [6.07, 6.45) is 4.15. The topological polar surface area (TPSA) is 34.1 Å². The number of hydrogen-bond acceptors (Lipinski definition) is 4. The molecule has 3 nitrogen and oxygen atoms in total. The maximum Gasteiger partial charge on any atom is 0.168 e. The van der Waals surface area contributed by atoms with Crippen molar-refractivity contribution >= 4 is 17.6 Å². The number of anilines is 1. The fourth-order valence-electron chi connectivity index (χ4n) is 1.84. The molecule has 1 aromatic rings. The van der Waals surface area contributed by atoms with E-state index in [-0.39, 0.29) is 0 Å². The van der Waals surface area contributed by atoms with Crippen molar-refractivity contribution in [3.63, 3.8) is 0 Å². The van der Waals surface area contributed by atoms with Gasteiger partial charge in [0.1, 0.15) is 0 Å². The minimum atomic E-state index is 0.750. The Hall–Kier alpha value is -0.900. The van der Waals surface area contributed by atoms with Crippen molar-refractivity contribution in [3.8, 4) is 5.75 Å². The molecule has 0 saturated carbocycles. The molecule has 1 saturated heterocycles. The zero-order valence-electron chi connectivity index (χ0n) is 10.3. The van der Waals surface area contributed by atoms with Gasteiger partial charge in [-0.2, -0.15) is 11.8 Å². The first-order chi connectivity index (χ1) is 8.40. The van der Waals surface area contributed by atoms with Gasteiger partial charge in [0.05, 0.1) is 6.61 Å². The summed E-state index contributed by atoms with van der Waals surface area (Å²) in [4.78, 5) is 4.35. The number of thioether (sulfide) groups is 1. The monoisotopic (exact) mass is 252 g/mol. The van der Waals surface area contributed by atoms with Gasteiger partial charge < -0.3 is 10.1 Å². The second kappa shape index (κ2) is 6.74. The number of rotatable bonds is 6. The maximum atomic E-state index is 5.67. The van der Waals surface area contributed by atoms with Crippen LogP contribution in [0.15, 0.2) is 18.3 Å². The molecule has 2 heterocycles. The van der Waals surface area contributed by atoms with E-state index in [1.165, 1.54) is 17.9 Å². The molecule has 0 spiro atoms. The predicted molar refractivity (Wildman–Crippen MR) is 73.9 cm³/mol. The minimum Gasteiger partial charge on any atom is -0.490 e. The number of ether oxygens (including phenoxy) is 1. The molecule has 0 radical (unpaired) electrons. The van der Waals surface area contributed by atoms with E-state index in [4.69, 9.17) is 4.74 Å². The molecule has 17 heavy (non-hydrogen) atoms. The zero-order valence-corrected chi connectivity index (χ0v) is 11.1. The summed E-state index contributed by atoms with van der Waals surface area (Å²) in [7, 11) is 0. The van der Waals surface area contributed by atoms with Crippen LogP contribution in [-0.2, 0) is 0 Å². The molecule has 1 fully saturated rings. The van der Waals surface area contributed by atoms with Crippen molar-refractivity contribution in [2.24, 2.45) is 5.92 Å². The van der Waals surface area contributed by atoms with Gasteiger partial charge in [0.25, 0.3) is 0 Å². The summed E-state index contributed by atoms with van der Waals surface area (Å²) in [6, 6.07) is 3.90. The Labute approximate surface area is 107 Å². The third-order valence-corrected chi connectivity index (χ3v) is 4.05. The van der Waals surface area contributed by atoms with Crippen molar-refractivity contribution < 1.29 is 4.74 Å². The molecule has 0 aromatic carbocycles. The van der Waals surface area contributed by atoms with E-state index in [9.17, 15) is 0 Å². The zero-order chi connectivity index (χ0) is 11.9. The lowest BCUT2D eigenvalue weighted by molar-refractivity contribution is 0.317. The number of hydrogen-bond donors (Lipinski definition) is 1. The summed E-state index contributed by atoms with van der Waals surface area (Å²) >= 11 is 2.04. The number of pyridine rings is 1. The van der Waals surface area contributed by atoms with E-state index < -0.39 is 0 Å². The van der Waals surface area contributed by atoms with Crippen LogP contribution in [0.4, 0.5) is 5.82 Å². The molecule has 1 unspecified atom stereocenters. The second-order valence-corrected chi connectivity index (χ2v) is 5.46. The molecule has 1 aromatic heterocycles. The lowest BCUT2D eigenvalue weighted by Gasteiger charge is -2.14. The van der Waals surface area contributed by atoms with Crippen LogP contribution < -0.4 is 10.1 Å². The van der Waals surface area contributed by atoms with Gasteiger partial charge in [-0.3, -0.25) is 0 Å². The highest BCUT2D eigenvalue weighted by Crippen LogP contribution is 2.26. The van der Waals surface area contributed by atoms with Crippen LogP contribution >= 0.6 is 11.8 Å². The van der Waals surface area contributed by atoms with Gasteiger partial charge in [0, 0.05) is 12.7 Å². The number of nitrogens with one attached hydrogen (secondary N) is 1. The van der Waals surface area contributed by atoms with Crippen molar-refractivity contribution in [1.82, 2.24) is 4.98 Å². The van der Waals surface area contributed by atoms with Crippen LogP contribution in [0.25, 0.3) is 0 Å². The molecule has 0 amide bonds. The molecule has 0 aliphatic carbocycles. The lowest BCUT2D eigenvalue weighted by atomic mass is 10.1. The molecular weight excluding hydrogens is 232 g/mol. The fourth-order valence-corrected chi connectivity index (χ4v) is 3.12. The highest BCUT2D eigenvalue weighted by atomic mass is 32.2. The standard InChI is InChI=1S/C13H20N2OS/c1-2-7-16-12-4-3-6-14-13(12)15-9-11-5-8-17-10-11/h3-4,6,11H,2,5,7-10H2,1H3,(H,14,15). The summed E-state index contributed by atoms with van der Waals surface area (Å²) in [5.74, 6) is 5.11. The summed E-state index contributed by atoms with van der Waals surface area (Å²) in [6.45, 7) is 3.87. The van der Waals surface area contributed by atoms with Gasteiger partial charge in [0.2, 0.25) is 0 Å². The largest absolute Gasteiger partial charge is 0.490 e. The second-order valence-electron chi connectivity index (χ2n) is 4.31. The van der Waals surface area contributed by atoms with Gasteiger partial charge in [0.15, 0.2) is 11.6 Å². The van der Waals surface area contributed by atoms with Crippen LogP contribution in [0.3, 0.4) is 0 Å². The highest BCUT2D eigenvalue weighted by Gasteiger charge is 2.15. The Morgan fingerprint density at radius 1 is 1.59 bits per heavy atom. The highest BCUT2D eigenvalue weighted by molar-refractivity contribution is 7.99. The molecule has 1 atom stereocenters. The van der Waals surface area contributed by atoms with Crippen LogP contribution in [0.1, 0.15) is 19.8 Å². The van der Waals surface area contributed by atoms with E-state index >= 15 is 0 Å². The van der Waals surface area contributed by atoms with E-state index in [1.807, 2.05) is 30.1 Å². The van der Waals surface area contributed by atoms with Crippen LogP contribution in [0.5, 0.6) is 5.75 Å². The summed E-state index contributed by atoms with van der Waals surface area (Å²) < 4.78 is 5.67. The first-order valence-corrected chi connectivity index (χ1v) is 7.45. The van der Waals surface area contributed by atoms with Gasteiger partial charge in [-0.15, -0.1) is 0 Å². The molecule has 1 aliphatic heterocycles. The van der Waals surface area contributed by atoms with Gasteiger partial charge >= 0.3 is 0 Å². The number of aromatic nitrogens is 1. The molecule has 0 bridgehead atoms. The SMILES string of the molecule is CCCOc1cccnc1NCC1CCSC1. The Morgan fingerprint density at radius 2 is 2.53 bits per heavy atom. The van der Waals surface area contributed by atoms with Crippen LogP contribution in [0.2, 0.25) is 0 Å². The Morgan fingerprint density at radius 3 is 3.29 bits per heavy atom. The van der Waals surface area contributed by atoms with Crippen LogP contribution in [0, 0.1) is 5.92 Å². The fraction of sp³-hybridized carbons (Fsp3) is 0.615. The van der Waals surface area contributed by atoms with Crippen LogP contribution in [-0.4, -0.2) is 29.6 Å². The average Bonchev–Trinajstić information content (AvgIpc) is 2.88. The van der Waals surface area contributed by atoms with E-state index in [0.717, 1.165) is 37.1 Å². The van der Waals surface area contributed by atoms with Crippen molar-refractivity contribution in [2.75, 3.05) is 30.0 Å². The van der Waals surface area contributed by atoms with Gasteiger partial charge in [-0.05, 0) is 42.4 Å². The Balaban J connectivity index is 1.89. The first kappa shape index (κ1) is 12.6. The van der Waals surface area contributed by atoms with Crippen molar-refractivity contribution in [2.45, 2.75) is 19.8 Å². The summed E-state index contributed by atoms with van der Waals surface area (Å²) in [5.41, 5.74) is 0. The van der Waals surface area contributed by atoms with E-state index in [0.29, 0.717) is 0 Å². The summed E-state index contributed by atoms with van der Waals surface area (Å²) in [5, 5.41) is 3.41. The molecule has 94 valence electrons. The third kappa shape index (κ3) is 3.80. The van der Waals surface area contributed by atoms with Gasteiger partial charge in [-0.25, -0.2) is 4.98 Å². The van der Waals surface area contributed by atoms with E-state index in [1.54, 1.807) is 0 Å². The molecule has 1 aliphatic rings. The maximum absolute atomic E-state index is 5.67. The predicted octanol–water partition coefficient (Wildman–Crippen LogP) is 3.04. The van der Waals surface area contributed by atoms with Gasteiger partial charge in [-0.1, -0.05) is 6.92 Å². The Kier molecular flexibility index (Phi) is 4.98. The smallest absolute Gasteiger partial charge is 0.168 e. The molecule has 4 heteroatoms.